The Kier molecular flexibility index (Phi) is 7.50. The fraction of sp³-hybridized carbons (Fsp3) is 0.400. The molecule has 10 heteroatoms. The summed E-state index contributed by atoms with van der Waals surface area (Å²) in [7, 11) is 1.44. The molecule has 2 heterocycles. The highest BCUT2D eigenvalue weighted by molar-refractivity contribution is 5.86. The van der Waals surface area contributed by atoms with E-state index in [0.29, 0.717) is 30.2 Å². The molecule has 0 aliphatic carbocycles. The lowest BCUT2D eigenvalue weighted by Crippen LogP contribution is -2.35. The van der Waals surface area contributed by atoms with Crippen molar-refractivity contribution >= 4 is 17.8 Å². The number of alkyl carbamates (subject to hydrolysis) is 1. The topological polar surface area (TPSA) is 109 Å². The van der Waals surface area contributed by atoms with Crippen molar-refractivity contribution in [3.05, 3.63) is 42.0 Å². The van der Waals surface area contributed by atoms with Crippen LogP contribution in [0.3, 0.4) is 0 Å². The molecule has 0 unspecified atom stereocenters. The number of piperidine rings is 1. The van der Waals surface area contributed by atoms with Crippen LogP contribution in [0.25, 0.3) is 11.1 Å². The Labute approximate surface area is 173 Å². The monoisotopic (exact) mass is 417 g/mol. The fourth-order valence-corrected chi connectivity index (χ4v) is 2.99. The number of hydrogen-bond donors (Lipinski definition) is 2. The minimum Gasteiger partial charge on any atom is -0.445 e. The van der Waals surface area contributed by atoms with Crippen molar-refractivity contribution in [2.24, 2.45) is 5.16 Å². The lowest BCUT2D eigenvalue weighted by Gasteiger charge is -2.27. The highest BCUT2D eigenvalue weighted by Crippen LogP contribution is 2.25. The number of aromatic nitrogens is 2. The zero-order valence-corrected chi connectivity index (χ0v) is 16.7. The summed E-state index contributed by atoms with van der Waals surface area (Å²) in [6.07, 6.45) is 3.98. The first kappa shape index (κ1) is 21.4. The molecule has 1 aromatic carbocycles. The highest BCUT2D eigenvalue weighted by Gasteiger charge is 2.19. The Bertz CT molecular complexity index is 881. The van der Waals surface area contributed by atoms with E-state index in [2.05, 4.69) is 20.4 Å². The van der Waals surface area contributed by atoms with Gasteiger partial charge < -0.3 is 24.9 Å². The predicted octanol–water partition coefficient (Wildman–Crippen LogP) is 2.10. The van der Waals surface area contributed by atoms with E-state index in [1.165, 1.54) is 7.05 Å². The Balaban J connectivity index is 1.65. The average molecular weight is 417 g/mol. The number of benzene rings is 1. The van der Waals surface area contributed by atoms with Crippen molar-refractivity contribution in [3.8, 4) is 11.1 Å². The smallest absolute Gasteiger partial charge is 0.407 e. The molecule has 0 spiro atoms. The maximum Gasteiger partial charge on any atom is 0.407 e. The second-order valence-electron chi connectivity index (χ2n) is 6.58. The fourth-order valence-electron chi connectivity index (χ4n) is 2.99. The molecule has 9 nitrogen and oxygen atoms in total. The summed E-state index contributed by atoms with van der Waals surface area (Å²) in [5.74, 6) is 0.0908. The van der Waals surface area contributed by atoms with Crippen molar-refractivity contribution in [1.29, 1.82) is 0 Å². The van der Waals surface area contributed by atoms with Crippen LogP contribution in [-0.2, 0) is 16.2 Å². The number of nitrogens with one attached hydrogen (secondary N) is 1. The van der Waals surface area contributed by atoms with E-state index >= 15 is 0 Å². The summed E-state index contributed by atoms with van der Waals surface area (Å²) in [6.45, 7) is 1.35. The van der Waals surface area contributed by atoms with Crippen LogP contribution in [0.1, 0.15) is 18.4 Å². The van der Waals surface area contributed by atoms with E-state index < -0.39 is 11.9 Å². The zero-order chi connectivity index (χ0) is 21.3. The normalized spacial score (nSPS) is 13.7. The van der Waals surface area contributed by atoms with Gasteiger partial charge in [0.1, 0.15) is 19.0 Å². The summed E-state index contributed by atoms with van der Waals surface area (Å²) in [5, 5.41) is 15.1. The average Bonchev–Trinajstić information content (AvgIpc) is 2.79. The minimum absolute atomic E-state index is 0.0618. The van der Waals surface area contributed by atoms with Crippen LogP contribution in [0.5, 0.6) is 0 Å². The van der Waals surface area contributed by atoms with E-state index in [1.807, 2.05) is 4.90 Å². The number of carbonyl (C=O) groups is 1. The molecule has 1 amide bonds. The second kappa shape index (κ2) is 10.5. The third-order valence-electron chi connectivity index (χ3n) is 4.59. The number of amides is 1. The van der Waals surface area contributed by atoms with Crippen LogP contribution >= 0.6 is 0 Å². The number of halogens is 1. The van der Waals surface area contributed by atoms with Crippen molar-refractivity contribution in [1.82, 2.24) is 15.3 Å². The van der Waals surface area contributed by atoms with Crippen LogP contribution in [0.15, 0.2) is 35.7 Å². The van der Waals surface area contributed by atoms with Gasteiger partial charge in [0, 0.05) is 62.1 Å². The molecule has 3 rings (SSSR count). The maximum absolute atomic E-state index is 14.8. The first-order chi connectivity index (χ1) is 14.6. The number of oxime groups is 1. The van der Waals surface area contributed by atoms with Crippen molar-refractivity contribution in [2.75, 3.05) is 38.3 Å². The van der Waals surface area contributed by atoms with E-state index in [0.717, 1.165) is 18.6 Å². The predicted molar refractivity (Wildman–Crippen MR) is 109 cm³/mol. The lowest BCUT2D eigenvalue weighted by molar-refractivity contribution is 0.0976. The number of hydrogen-bond acceptors (Lipinski definition) is 8. The van der Waals surface area contributed by atoms with Gasteiger partial charge in [-0.15, -0.1) is 0 Å². The van der Waals surface area contributed by atoms with Gasteiger partial charge in [0.15, 0.2) is 0 Å². The number of aliphatic hydroxyl groups excluding tert-OH is 1. The second-order valence-corrected chi connectivity index (χ2v) is 6.58. The van der Waals surface area contributed by atoms with E-state index in [4.69, 9.17) is 14.7 Å². The number of aliphatic hydroxyl groups is 1. The molecule has 1 aromatic heterocycles. The minimum atomic E-state index is -0.623. The zero-order valence-electron chi connectivity index (χ0n) is 16.7. The number of anilines is 1. The van der Waals surface area contributed by atoms with Gasteiger partial charge in [-0.2, -0.15) is 0 Å². The summed E-state index contributed by atoms with van der Waals surface area (Å²) in [6, 6.07) is 4.89. The number of nitrogens with zero attached hydrogens (tertiary/aromatic N) is 4. The lowest BCUT2D eigenvalue weighted by atomic mass is 10.1. The van der Waals surface area contributed by atoms with Gasteiger partial charge >= 0.3 is 6.09 Å². The van der Waals surface area contributed by atoms with Crippen molar-refractivity contribution < 1.29 is 23.9 Å². The third-order valence-corrected chi connectivity index (χ3v) is 4.59. The summed E-state index contributed by atoms with van der Waals surface area (Å²) < 4.78 is 19.7. The molecule has 1 saturated heterocycles. The Morgan fingerprint density at radius 2 is 2.03 bits per heavy atom. The van der Waals surface area contributed by atoms with Gasteiger partial charge in [0.2, 0.25) is 5.95 Å². The molecule has 30 heavy (non-hydrogen) atoms. The first-order valence-electron chi connectivity index (χ1n) is 9.60. The van der Waals surface area contributed by atoms with Gasteiger partial charge in [-0.25, -0.2) is 19.2 Å². The Hall–Kier alpha value is -3.27. The van der Waals surface area contributed by atoms with Crippen molar-refractivity contribution in [3.63, 3.8) is 0 Å². The van der Waals surface area contributed by atoms with Gasteiger partial charge in [-0.05, 0) is 0 Å². The quantitative estimate of drug-likeness (QED) is 0.524. The van der Waals surface area contributed by atoms with Crippen LogP contribution in [0.4, 0.5) is 15.1 Å². The molecule has 1 aliphatic heterocycles. The molecular weight excluding hydrogens is 393 g/mol. The molecular formula is C20H24FN5O4. The molecule has 0 atom stereocenters. The molecule has 2 aromatic rings. The van der Waals surface area contributed by atoms with Crippen LogP contribution in [0, 0.1) is 5.82 Å². The molecule has 0 radical (unpaired) electrons. The number of rotatable bonds is 7. The largest absolute Gasteiger partial charge is 0.445 e. The van der Waals surface area contributed by atoms with Crippen LogP contribution in [0.2, 0.25) is 0 Å². The third kappa shape index (κ3) is 5.41. The first-order valence-corrected chi connectivity index (χ1v) is 9.60. The summed E-state index contributed by atoms with van der Waals surface area (Å²) in [4.78, 5) is 27.0. The molecule has 2 N–H and O–H groups in total. The van der Waals surface area contributed by atoms with E-state index in [1.54, 1.807) is 30.6 Å². The Morgan fingerprint density at radius 1 is 1.30 bits per heavy atom. The van der Waals surface area contributed by atoms with Gasteiger partial charge in [-0.3, -0.25) is 0 Å². The molecule has 0 saturated carbocycles. The maximum atomic E-state index is 14.8. The summed E-state index contributed by atoms with van der Waals surface area (Å²) >= 11 is 0. The molecule has 1 fully saturated rings. The SMILES string of the molecule is CNC(=O)OCc1cccc(-c2cnc(N3CCC(=NOCCO)CC3)nc2)c1F. The van der Waals surface area contributed by atoms with E-state index in [-0.39, 0.29) is 25.4 Å². The molecule has 1 aliphatic rings. The number of carbonyl (C=O) groups excluding carboxylic acids is 1. The summed E-state index contributed by atoms with van der Waals surface area (Å²) in [5.41, 5.74) is 2.09. The van der Waals surface area contributed by atoms with Crippen LogP contribution < -0.4 is 10.2 Å². The Morgan fingerprint density at radius 3 is 2.70 bits per heavy atom. The van der Waals surface area contributed by atoms with E-state index in [9.17, 15) is 9.18 Å². The van der Waals surface area contributed by atoms with Crippen LogP contribution in [-0.4, -0.2) is 60.2 Å². The standard InChI is InChI=1S/C20H24FN5O4/c1-22-20(28)29-13-14-3-2-4-17(18(14)21)15-11-23-19(24-12-15)26-7-5-16(6-8-26)25-30-10-9-27/h2-4,11-12,27H,5-10,13H2,1H3,(H,22,28). The number of ether oxygens (including phenoxy) is 1. The van der Waals surface area contributed by atoms with Gasteiger partial charge in [-0.1, -0.05) is 23.4 Å². The molecule has 160 valence electrons. The highest BCUT2D eigenvalue weighted by atomic mass is 19.1. The van der Waals surface area contributed by atoms with Crippen molar-refractivity contribution in [2.45, 2.75) is 19.4 Å². The molecule has 0 bridgehead atoms. The van der Waals surface area contributed by atoms with Gasteiger partial charge in [0.25, 0.3) is 0 Å². The van der Waals surface area contributed by atoms with Gasteiger partial charge in [0.05, 0.1) is 12.3 Å².